The number of hydrogen-bond acceptors (Lipinski definition) is 4. The molecule has 0 saturated carbocycles. The lowest BCUT2D eigenvalue weighted by atomic mass is 10.1. The van der Waals surface area contributed by atoms with Gasteiger partial charge in [-0.15, -0.1) is 0 Å². The molecule has 2 amide bonds. The Morgan fingerprint density at radius 1 is 1.00 bits per heavy atom. The van der Waals surface area contributed by atoms with Crippen LogP contribution in [0.5, 0.6) is 0 Å². The molecule has 1 aliphatic rings. The second-order valence-corrected chi connectivity index (χ2v) is 7.96. The average molecular weight is 429 g/mol. The zero-order valence-electron chi connectivity index (χ0n) is 17.5. The lowest BCUT2D eigenvalue weighted by Crippen LogP contribution is -2.53. The molecule has 2 N–H and O–H groups in total. The van der Waals surface area contributed by atoms with E-state index in [0.29, 0.717) is 17.3 Å². The van der Waals surface area contributed by atoms with E-state index in [4.69, 9.17) is 11.6 Å². The molecular weight excluding hydrogens is 400 g/mol. The van der Waals surface area contributed by atoms with Gasteiger partial charge in [0.05, 0.1) is 23.3 Å². The van der Waals surface area contributed by atoms with E-state index >= 15 is 0 Å². The summed E-state index contributed by atoms with van der Waals surface area (Å²) in [6.07, 6.45) is 0.977. The first-order chi connectivity index (χ1) is 14.5. The fourth-order valence-corrected chi connectivity index (χ4v) is 3.68. The number of para-hydroxylation sites is 1. The van der Waals surface area contributed by atoms with Gasteiger partial charge in [-0.05, 0) is 43.2 Å². The number of hydrogen-bond donors (Lipinski definition) is 2. The van der Waals surface area contributed by atoms with E-state index in [1.54, 1.807) is 12.1 Å². The number of piperazine rings is 1. The number of amides is 2. The topological polar surface area (TPSA) is 64.7 Å². The van der Waals surface area contributed by atoms with E-state index in [2.05, 4.69) is 27.4 Å². The third-order valence-electron chi connectivity index (χ3n) is 5.48. The van der Waals surface area contributed by atoms with Crippen LogP contribution in [0, 0.1) is 0 Å². The standard InChI is InChI=1S/C23H29ClN4O2/c1-3-18-8-10-19(11-9-18)25-23(30)17(2)28-14-12-27(13-15-28)16-22(29)26-21-7-5-4-6-20(21)24/h4-11,17H,3,12-16H2,1-2H3,(H,25,30)(H,26,29). The Bertz CT molecular complexity index is 864. The van der Waals surface area contributed by atoms with Crippen molar-refractivity contribution in [2.24, 2.45) is 0 Å². The molecule has 0 aromatic heterocycles. The van der Waals surface area contributed by atoms with Gasteiger partial charge < -0.3 is 10.6 Å². The SMILES string of the molecule is CCc1ccc(NC(=O)C(C)N2CCN(CC(=O)Nc3ccccc3Cl)CC2)cc1. The van der Waals surface area contributed by atoms with Gasteiger partial charge in [0.1, 0.15) is 0 Å². The van der Waals surface area contributed by atoms with E-state index in [9.17, 15) is 9.59 Å². The molecule has 160 valence electrons. The van der Waals surface area contributed by atoms with Crippen molar-refractivity contribution in [2.45, 2.75) is 26.3 Å². The normalized spacial score (nSPS) is 16.1. The van der Waals surface area contributed by atoms with Gasteiger partial charge in [-0.25, -0.2) is 0 Å². The molecule has 0 bridgehead atoms. The molecule has 2 aromatic carbocycles. The first-order valence-corrected chi connectivity index (χ1v) is 10.7. The Balaban J connectivity index is 1.44. The molecule has 3 rings (SSSR count). The van der Waals surface area contributed by atoms with Crippen LogP contribution in [0.1, 0.15) is 19.4 Å². The predicted octanol–water partition coefficient (Wildman–Crippen LogP) is 3.49. The molecule has 1 aliphatic heterocycles. The minimum atomic E-state index is -0.227. The highest BCUT2D eigenvalue weighted by atomic mass is 35.5. The van der Waals surface area contributed by atoms with Crippen LogP contribution in [0.2, 0.25) is 5.02 Å². The van der Waals surface area contributed by atoms with E-state index in [0.717, 1.165) is 38.3 Å². The van der Waals surface area contributed by atoms with E-state index < -0.39 is 0 Å². The Labute approximate surface area is 183 Å². The molecule has 30 heavy (non-hydrogen) atoms. The minimum Gasteiger partial charge on any atom is -0.325 e. The number of aryl methyl sites for hydroxylation is 1. The third-order valence-corrected chi connectivity index (χ3v) is 5.81. The molecule has 0 spiro atoms. The summed E-state index contributed by atoms with van der Waals surface area (Å²) in [4.78, 5) is 29.2. The lowest BCUT2D eigenvalue weighted by molar-refractivity contribution is -0.122. The Morgan fingerprint density at radius 2 is 1.67 bits per heavy atom. The highest BCUT2D eigenvalue weighted by Crippen LogP contribution is 2.20. The predicted molar refractivity (Wildman–Crippen MR) is 122 cm³/mol. The fourth-order valence-electron chi connectivity index (χ4n) is 3.50. The van der Waals surface area contributed by atoms with Crippen molar-refractivity contribution in [2.75, 3.05) is 43.4 Å². The molecule has 1 saturated heterocycles. The van der Waals surface area contributed by atoms with Crippen LogP contribution < -0.4 is 10.6 Å². The van der Waals surface area contributed by atoms with Crippen LogP contribution in [0.4, 0.5) is 11.4 Å². The maximum atomic E-state index is 12.6. The van der Waals surface area contributed by atoms with Crippen LogP contribution >= 0.6 is 11.6 Å². The smallest absolute Gasteiger partial charge is 0.241 e. The Morgan fingerprint density at radius 3 is 2.30 bits per heavy atom. The molecule has 0 aliphatic carbocycles. The quantitative estimate of drug-likeness (QED) is 0.708. The van der Waals surface area contributed by atoms with E-state index in [-0.39, 0.29) is 17.9 Å². The third kappa shape index (κ3) is 6.05. The van der Waals surface area contributed by atoms with Crippen molar-refractivity contribution in [1.82, 2.24) is 9.80 Å². The summed E-state index contributed by atoms with van der Waals surface area (Å²) in [5, 5.41) is 6.38. The number of anilines is 2. The molecule has 1 heterocycles. The average Bonchev–Trinajstić information content (AvgIpc) is 2.76. The zero-order valence-corrected chi connectivity index (χ0v) is 18.3. The summed E-state index contributed by atoms with van der Waals surface area (Å²) in [6, 6.07) is 14.9. The molecule has 7 heteroatoms. The summed E-state index contributed by atoms with van der Waals surface area (Å²) in [5.74, 6) is -0.0953. The summed E-state index contributed by atoms with van der Waals surface area (Å²) in [5.41, 5.74) is 2.69. The van der Waals surface area contributed by atoms with Gasteiger partial charge in [-0.1, -0.05) is 42.8 Å². The lowest BCUT2D eigenvalue weighted by Gasteiger charge is -2.37. The van der Waals surface area contributed by atoms with Crippen molar-refractivity contribution in [1.29, 1.82) is 0 Å². The van der Waals surface area contributed by atoms with Crippen LogP contribution in [-0.2, 0) is 16.0 Å². The van der Waals surface area contributed by atoms with Gasteiger partial charge in [0.25, 0.3) is 0 Å². The molecule has 1 fully saturated rings. The summed E-state index contributed by atoms with van der Waals surface area (Å²) >= 11 is 6.09. The van der Waals surface area contributed by atoms with E-state index in [1.807, 2.05) is 43.3 Å². The Kier molecular flexibility index (Phi) is 7.85. The molecule has 1 unspecified atom stereocenters. The van der Waals surface area contributed by atoms with Gasteiger partial charge in [0.15, 0.2) is 0 Å². The van der Waals surface area contributed by atoms with Crippen LogP contribution in [0.25, 0.3) is 0 Å². The molecule has 6 nitrogen and oxygen atoms in total. The summed E-state index contributed by atoms with van der Waals surface area (Å²) < 4.78 is 0. The molecule has 2 aromatic rings. The highest BCUT2D eigenvalue weighted by molar-refractivity contribution is 6.33. The van der Waals surface area contributed by atoms with Crippen molar-refractivity contribution in [3.8, 4) is 0 Å². The van der Waals surface area contributed by atoms with Crippen molar-refractivity contribution in [3.63, 3.8) is 0 Å². The maximum absolute atomic E-state index is 12.6. The zero-order chi connectivity index (χ0) is 21.5. The molecule has 1 atom stereocenters. The first kappa shape index (κ1) is 22.3. The number of benzene rings is 2. The van der Waals surface area contributed by atoms with E-state index in [1.165, 1.54) is 5.56 Å². The highest BCUT2D eigenvalue weighted by Gasteiger charge is 2.26. The number of nitrogens with one attached hydrogen (secondary N) is 2. The first-order valence-electron chi connectivity index (χ1n) is 10.4. The second-order valence-electron chi connectivity index (χ2n) is 7.56. The number of rotatable bonds is 7. The van der Waals surface area contributed by atoms with Crippen molar-refractivity contribution in [3.05, 3.63) is 59.1 Å². The fraction of sp³-hybridized carbons (Fsp3) is 0.391. The number of halogens is 1. The van der Waals surface area contributed by atoms with Gasteiger partial charge in [-0.3, -0.25) is 19.4 Å². The number of carbonyl (C=O) groups is 2. The van der Waals surface area contributed by atoms with Crippen LogP contribution in [0.3, 0.4) is 0 Å². The monoisotopic (exact) mass is 428 g/mol. The van der Waals surface area contributed by atoms with Gasteiger partial charge in [-0.2, -0.15) is 0 Å². The molecule has 0 radical (unpaired) electrons. The largest absolute Gasteiger partial charge is 0.325 e. The maximum Gasteiger partial charge on any atom is 0.241 e. The number of carbonyl (C=O) groups excluding carboxylic acids is 2. The Hall–Kier alpha value is -2.41. The van der Waals surface area contributed by atoms with Gasteiger partial charge in [0, 0.05) is 31.9 Å². The van der Waals surface area contributed by atoms with Crippen molar-refractivity contribution >= 4 is 34.8 Å². The minimum absolute atomic E-state index is 0.0100. The van der Waals surface area contributed by atoms with Crippen molar-refractivity contribution < 1.29 is 9.59 Å². The summed E-state index contributed by atoms with van der Waals surface area (Å²) in [7, 11) is 0. The van der Waals surface area contributed by atoms with Crippen LogP contribution in [-0.4, -0.2) is 60.4 Å². The van der Waals surface area contributed by atoms with Gasteiger partial charge in [0.2, 0.25) is 11.8 Å². The van der Waals surface area contributed by atoms with Crippen LogP contribution in [0.15, 0.2) is 48.5 Å². The van der Waals surface area contributed by atoms with Gasteiger partial charge >= 0.3 is 0 Å². The molecular formula is C23H29ClN4O2. The summed E-state index contributed by atoms with van der Waals surface area (Å²) in [6.45, 7) is 7.29. The second kappa shape index (κ2) is 10.6. The number of nitrogens with zero attached hydrogens (tertiary/aromatic N) is 2.